The molecule has 16 heavy (non-hydrogen) atoms. The van der Waals surface area contributed by atoms with Gasteiger partial charge in [-0.05, 0) is 30.7 Å². The normalized spacial score (nSPS) is 12.2. The summed E-state index contributed by atoms with van der Waals surface area (Å²) in [5.41, 5.74) is 6.35. The summed E-state index contributed by atoms with van der Waals surface area (Å²) in [7, 11) is 3.17. The Balaban J connectivity index is 2.64. The van der Waals surface area contributed by atoms with Crippen molar-refractivity contribution in [1.29, 1.82) is 0 Å². The smallest absolute Gasteiger partial charge is 0.179 e. The third-order valence-corrected chi connectivity index (χ3v) is 2.34. The minimum Gasteiger partial charge on any atom is -0.497 e. The number of ketones is 1. The summed E-state index contributed by atoms with van der Waals surface area (Å²) in [6.07, 6.45) is 0.529. The van der Waals surface area contributed by atoms with E-state index in [2.05, 4.69) is 0 Å². The molecule has 0 fully saturated rings. The molecule has 0 radical (unpaired) electrons. The molecule has 0 saturated carbocycles. The highest BCUT2D eigenvalue weighted by atomic mass is 16.5. The van der Waals surface area contributed by atoms with Gasteiger partial charge in [0.2, 0.25) is 0 Å². The zero-order chi connectivity index (χ0) is 12.0. The fourth-order valence-corrected chi connectivity index (χ4v) is 1.35. The van der Waals surface area contributed by atoms with Gasteiger partial charge >= 0.3 is 0 Å². The molecule has 0 amide bonds. The van der Waals surface area contributed by atoms with Crippen molar-refractivity contribution in [3.8, 4) is 5.75 Å². The first-order valence-corrected chi connectivity index (χ1v) is 5.12. The topological polar surface area (TPSA) is 61.5 Å². The lowest BCUT2D eigenvalue weighted by Gasteiger charge is -2.10. The van der Waals surface area contributed by atoms with Crippen LogP contribution in [0.1, 0.15) is 16.8 Å². The lowest BCUT2D eigenvalue weighted by Crippen LogP contribution is -2.31. The molecule has 4 heteroatoms. The quantitative estimate of drug-likeness (QED) is 0.737. The molecule has 0 aromatic heterocycles. The second-order valence-corrected chi connectivity index (χ2v) is 3.48. The van der Waals surface area contributed by atoms with Crippen molar-refractivity contribution in [2.24, 2.45) is 5.73 Å². The molecule has 0 aliphatic heterocycles. The summed E-state index contributed by atoms with van der Waals surface area (Å²) >= 11 is 0. The summed E-state index contributed by atoms with van der Waals surface area (Å²) in [6.45, 7) is 0.489. The number of ether oxygens (including phenoxy) is 2. The monoisotopic (exact) mass is 223 g/mol. The highest BCUT2D eigenvalue weighted by molar-refractivity contribution is 6.00. The van der Waals surface area contributed by atoms with Crippen molar-refractivity contribution in [2.45, 2.75) is 12.5 Å². The molecule has 0 heterocycles. The molecule has 2 N–H and O–H groups in total. The Hall–Kier alpha value is -1.39. The minimum absolute atomic E-state index is 0.0697. The first kappa shape index (κ1) is 12.7. The molecule has 0 aliphatic carbocycles. The first-order valence-electron chi connectivity index (χ1n) is 5.12. The maximum atomic E-state index is 11.8. The van der Waals surface area contributed by atoms with E-state index >= 15 is 0 Å². The second-order valence-electron chi connectivity index (χ2n) is 3.48. The maximum Gasteiger partial charge on any atom is 0.179 e. The number of carbonyl (C=O) groups is 1. The van der Waals surface area contributed by atoms with Gasteiger partial charge in [0.15, 0.2) is 5.78 Å². The highest BCUT2D eigenvalue weighted by Gasteiger charge is 2.15. The van der Waals surface area contributed by atoms with E-state index in [4.69, 9.17) is 15.2 Å². The number of benzene rings is 1. The lowest BCUT2D eigenvalue weighted by atomic mass is 10.0. The van der Waals surface area contributed by atoms with Crippen LogP contribution in [0.2, 0.25) is 0 Å². The summed E-state index contributed by atoms with van der Waals surface area (Å²) in [5, 5.41) is 0. The van der Waals surface area contributed by atoms with E-state index in [0.717, 1.165) is 5.75 Å². The van der Waals surface area contributed by atoms with Crippen molar-refractivity contribution in [3.05, 3.63) is 29.8 Å². The fourth-order valence-electron chi connectivity index (χ4n) is 1.35. The lowest BCUT2D eigenvalue weighted by molar-refractivity contribution is 0.0935. The summed E-state index contributed by atoms with van der Waals surface area (Å²) in [6, 6.07) is 6.42. The standard InChI is InChI=1S/C12H17NO3/c1-15-8-7-11(13)12(14)9-3-5-10(16-2)6-4-9/h3-6,11H,7-8,13H2,1-2H3. The number of nitrogens with two attached hydrogens (primary N) is 1. The number of carbonyl (C=O) groups excluding carboxylic acids is 1. The van der Waals surface area contributed by atoms with E-state index in [1.54, 1.807) is 38.5 Å². The van der Waals surface area contributed by atoms with Gasteiger partial charge in [0.1, 0.15) is 5.75 Å². The number of rotatable bonds is 6. The van der Waals surface area contributed by atoms with Gasteiger partial charge in [0.05, 0.1) is 13.2 Å². The molecular weight excluding hydrogens is 206 g/mol. The molecular formula is C12H17NO3. The molecule has 1 aromatic rings. The zero-order valence-electron chi connectivity index (χ0n) is 9.60. The van der Waals surface area contributed by atoms with Crippen LogP contribution in [0.5, 0.6) is 5.75 Å². The molecule has 1 rings (SSSR count). The van der Waals surface area contributed by atoms with Gasteiger partial charge in [-0.1, -0.05) is 0 Å². The van der Waals surface area contributed by atoms with Gasteiger partial charge in [-0.15, -0.1) is 0 Å². The average molecular weight is 223 g/mol. The van der Waals surface area contributed by atoms with E-state index < -0.39 is 6.04 Å². The Morgan fingerprint density at radius 1 is 1.31 bits per heavy atom. The SMILES string of the molecule is COCCC(N)C(=O)c1ccc(OC)cc1. The van der Waals surface area contributed by atoms with Gasteiger partial charge in [-0.3, -0.25) is 4.79 Å². The number of methoxy groups -OCH3 is 2. The predicted octanol–water partition coefficient (Wildman–Crippen LogP) is 1.24. The van der Waals surface area contributed by atoms with Gasteiger partial charge in [0, 0.05) is 19.3 Å². The van der Waals surface area contributed by atoms with Crippen LogP contribution in [0.4, 0.5) is 0 Å². The molecule has 1 atom stereocenters. The van der Waals surface area contributed by atoms with Gasteiger partial charge in [-0.25, -0.2) is 0 Å². The molecule has 1 unspecified atom stereocenters. The van der Waals surface area contributed by atoms with E-state index in [1.807, 2.05) is 0 Å². The van der Waals surface area contributed by atoms with Crippen LogP contribution in [0.25, 0.3) is 0 Å². The number of Topliss-reactive ketones (excluding diaryl/α,β-unsaturated/α-hetero) is 1. The summed E-state index contributed by atoms with van der Waals surface area (Å²) < 4.78 is 9.89. The Labute approximate surface area is 95.3 Å². The van der Waals surface area contributed by atoms with Gasteiger partial charge < -0.3 is 15.2 Å². The Morgan fingerprint density at radius 3 is 2.44 bits per heavy atom. The second kappa shape index (κ2) is 6.25. The summed E-state index contributed by atoms with van der Waals surface area (Å²) in [4.78, 5) is 11.8. The third-order valence-electron chi connectivity index (χ3n) is 2.34. The van der Waals surface area contributed by atoms with E-state index in [1.165, 1.54) is 0 Å². The van der Waals surface area contributed by atoms with Gasteiger partial charge in [0.25, 0.3) is 0 Å². The van der Waals surface area contributed by atoms with Gasteiger partial charge in [-0.2, -0.15) is 0 Å². The van der Waals surface area contributed by atoms with E-state index in [-0.39, 0.29) is 5.78 Å². The highest BCUT2D eigenvalue weighted by Crippen LogP contribution is 2.13. The zero-order valence-corrected chi connectivity index (χ0v) is 9.60. The van der Waals surface area contributed by atoms with Crippen LogP contribution in [0.3, 0.4) is 0 Å². The average Bonchev–Trinajstić information content (AvgIpc) is 2.35. The van der Waals surface area contributed by atoms with Crippen molar-refractivity contribution in [3.63, 3.8) is 0 Å². The Kier molecular flexibility index (Phi) is 4.95. The fraction of sp³-hybridized carbons (Fsp3) is 0.417. The Morgan fingerprint density at radius 2 is 1.94 bits per heavy atom. The van der Waals surface area contributed by atoms with Crippen molar-refractivity contribution in [2.75, 3.05) is 20.8 Å². The maximum absolute atomic E-state index is 11.8. The number of hydrogen-bond acceptors (Lipinski definition) is 4. The molecule has 0 saturated heterocycles. The molecule has 0 aliphatic rings. The summed E-state index contributed by atoms with van der Waals surface area (Å²) in [5.74, 6) is 0.654. The molecule has 88 valence electrons. The first-order chi connectivity index (χ1) is 7.69. The van der Waals surface area contributed by atoms with Crippen LogP contribution in [-0.2, 0) is 4.74 Å². The van der Waals surface area contributed by atoms with Crippen LogP contribution < -0.4 is 10.5 Å². The van der Waals surface area contributed by atoms with Crippen LogP contribution >= 0.6 is 0 Å². The van der Waals surface area contributed by atoms with E-state index in [0.29, 0.717) is 18.6 Å². The molecule has 1 aromatic carbocycles. The van der Waals surface area contributed by atoms with Crippen molar-refractivity contribution in [1.82, 2.24) is 0 Å². The molecule has 4 nitrogen and oxygen atoms in total. The molecule has 0 spiro atoms. The van der Waals surface area contributed by atoms with Crippen molar-refractivity contribution < 1.29 is 14.3 Å². The molecule has 0 bridgehead atoms. The Bertz CT molecular complexity index is 335. The van der Waals surface area contributed by atoms with Crippen LogP contribution in [0, 0.1) is 0 Å². The van der Waals surface area contributed by atoms with E-state index in [9.17, 15) is 4.79 Å². The predicted molar refractivity (Wildman–Crippen MR) is 61.8 cm³/mol. The van der Waals surface area contributed by atoms with Crippen LogP contribution in [-0.4, -0.2) is 32.7 Å². The third kappa shape index (κ3) is 3.32. The largest absolute Gasteiger partial charge is 0.497 e. The number of hydrogen-bond donors (Lipinski definition) is 1. The van der Waals surface area contributed by atoms with Crippen LogP contribution in [0.15, 0.2) is 24.3 Å². The minimum atomic E-state index is -0.506. The van der Waals surface area contributed by atoms with Crippen molar-refractivity contribution >= 4 is 5.78 Å².